The molecule has 4 rings (SSSR count). The molecule has 0 saturated heterocycles. The molecule has 0 fully saturated rings. The highest BCUT2D eigenvalue weighted by molar-refractivity contribution is 5.66. The fourth-order valence-electron chi connectivity index (χ4n) is 4.37. The largest absolute Gasteiger partial charge is 0.299 e. The van der Waals surface area contributed by atoms with Crippen molar-refractivity contribution in [3.05, 3.63) is 107 Å². The van der Waals surface area contributed by atoms with E-state index in [1.54, 1.807) is 0 Å². The second-order valence-electron chi connectivity index (χ2n) is 9.16. The van der Waals surface area contributed by atoms with E-state index in [0.29, 0.717) is 0 Å². The van der Waals surface area contributed by atoms with E-state index in [9.17, 15) is 0 Å². The lowest BCUT2D eigenvalue weighted by molar-refractivity contribution is 0.591. The van der Waals surface area contributed by atoms with Crippen molar-refractivity contribution in [1.82, 2.24) is 9.55 Å². The molecule has 1 aromatic heterocycles. The lowest BCUT2D eigenvalue weighted by Gasteiger charge is -2.23. The summed E-state index contributed by atoms with van der Waals surface area (Å²) in [6.45, 7) is 11.2. The molecular formula is C28H30N2. The van der Waals surface area contributed by atoms with Crippen molar-refractivity contribution >= 4 is 0 Å². The summed E-state index contributed by atoms with van der Waals surface area (Å²) in [7, 11) is 0. The first-order valence-corrected chi connectivity index (χ1v) is 10.6. The monoisotopic (exact) mass is 394 g/mol. The minimum Gasteiger partial charge on any atom is -0.299 e. The molecule has 0 aliphatic rings. The fraction of sp³-hybridized carbons (Fsp3) is 0.250. The van der Waals surface area contributed by atoms with Gasteiger partial charge in [-0.2, -0.15) is 0 Å². The van der Waals surface area contributed by atoms with Crippen molar-refractivity contribution in [3.63, 3.8) is 0 Å². The van der Waals surface area contributed by atoms with Crippen LogP contribution in [0.15, 0.2) is 79.1 Å². The number of hydrogen-bond acceptors (Lipinski definition) is 1. The Morgan fingerprint density at radius 2 is 1.43 bits per heavy atom. The van der Waals surface area contributed by atoms with E-state index in [1.165, 1.54) is 39.1 Å². The first-order chi connectivity index (χ1) is 14.3. The molecule has 0 saturated carbocycles. The summed E-state index contributed by atoms with van der Waals surface area (Å²) in [5, 5.41) is 0. The maximum atomic E-state index is 4.77. The quantitative estimate of drug-likeness (QED) is 0.363. The number of nitrogens with zero attached hydrogens (tertiary/aromatic N) is 2. The molecule has 0 N–H and O–H groups in total. The standard InChI is InChI=1S/C28H30N2/c1-20-17-23(19-22-11-7-6-8-12-22)18-21(2)26(20)30-16-15-29-27(30)24-13-9-10-14-25(24)28(3,4)5/h6-18H,19H2,1-5H3. The average Bonchev–Trinajstić information content (AvgIpc) is 3.17. The molecule has 0 amide bonds. The predicted molar refractivity (Wildman–Crippen MR) is 126 cm³/mol. The van der Waals surface area contributed by atoms with Crippen molar-refractivity contribution in [1.29, 1.82) is 0 Å². The highest BCUT2D eigenvalue weighted by atomic mass is 15.1. The molecule has 0 bridgehead atoms. The molecule has 2 nitrogen and oxygen atoms in total. The molecule has 1 heterocycles. The zero-order valence-corrected chi connectivity index (χ0v) is 18.6. The molecule has 0 unspecified atom stereocenters. The van der Waals surface area contributed by atoms with Crippen molar-refractivity contribution in [2.75, 3.05) is 0 Å². The van der Waals surface area contributed by atoms with E-state index < -0.39 is 0 Å². The van der Waals surface area contributed by atoms with Gasteiger partial charge in [-0.15, -0.1) is 0 Å². The second kappa shape index (κ2) is 7.95. The lowest BCUT2D eigenvalue weighted by Crippen LogP contribution is -2.14. The topological polar surface area (TPSA) is 17.8 Å². The molecule has 30 heavy (non-hydrogen) atoms. The third-order valence-electron chi connectivity index (χ3n) is 5.66. The Morgan fingerprint density at radius 1 is 0.800 bits per heavy atom. The van der Waals surface area contributed by atoms with E-state index in [1.807, 2.05) is 6.20 Å². The molecule has 0 aliphatic carbocycles. The number of benzene rings is 3. The summed E-state index contributed by atoms with van der Waals surface area (Å²) in [6.07, 6.45) is 4.94. The Labute approximate surface area is 180 Å². The van der Waals surface area contributed by atoms with Crippen LogP contribution in [-0.2, 0) is 11.8 Å². The maximum Gasteiger partial charge on any atom is 0.144 e. The summed E-state index contributed by atoms with van der Waals surface area (Å²) in [4.78, 5) is 4.77. The molecule has 2 heteroatoms. The minimum atomic E-state index is 0.0526. The number of rotatable bonds is 4. The number of hydrogen-bond donors (Lipinski definition) is 0. The van der Waals surface area contributed by atoms with Crippen LogP contribution < -0.4 is 0 Å². The van der Waals surface area contributed by atoms with Crippen molar-refractivity contribution in [2.24, 2.45) is 0 Å². The number of aromatic nitrogens is 2. The van der Waals surface area contributed by atoms with Crippen LogP contribution in [-0.4, -0.2) is 9.55 Å². The summed E-state index contributed by atoms with van der Waals surface area (Å²) in [5.74, 6) is 1.00. The van der Waals surface area contributed by atoms with Gasteiger partial charge in [0.25, 0.3) is 0 Å². The van der Waals surface area contributed by atoms with Gasteiger partial charge < -0.3 is 0 Å². The van der Waals surface area contributed by atoms with Gasteiger partial charge in [0.05, 0.1) is 5.69 Å². The van der Waals surface area contributed by atoms with Crippen molar-refractivity contribution in [2.45, 2.75) is 46.5 Å². The minimum absolute atomic E-state index is 0.0526. The lowest BCUT2D eigenvalue weighted by atomic mass is 9.83. The summed E-state index contributed by atoms with van der Waals surface area (Å²) >= 11 is 0. The molecule has 152 valence electrons. The predicted octanol–water partition coefficient (Wildman–Crippen LogP) is 7.04. The summed E-state index contributed by atoms with van der Waals surface area (Å²) in [6, 6.07) is 23.9. The van der Waals surface area contributed by atoms with Gasteiger partial charge in [0.1, 0.15) is 5.82 Å². The van der Waals surface area contributed by atoms with Gasteiger partial charge in [-0.1, -0.05) is 87.5 Å². The van der Waals surface area contributed by atoms with E-state index in [4.69, 9.17) is 4.98 Å². The van der Waals surface area contributed by atoms with Gasteiger partial charge in [0, 0.05) is 18.0 Å². The van der Waals surface area contributed by atoms with Crippen LogP contribution in [0.1, 0.15) is 48.6 Å². The average molecular weight is 395 g/mol. The smallest absolute Gasteiger partial charge is 0.144 e. The van der Waals surface area contributed by atoms with Crippen LogP contribution in [0.5, 0.6) is 0 Å². The Morgan fingerprint density at radius 3 is 2.10 bits per heavy atom. The number of imidazole rings is 1. The molecular weight excluding hydrogens is 364 g/mol. The summed E-state index contributed by atoms with van der Waals surface area (Å²) in [5.41, 5.74) is 9.01. The van der Waals surface area contributed by atoms with Crippen LogP contribution in [0, 0.1) is 13.8 Å². The molecule has 3 aromatic carbocycles. The normalized spacial score (nSPS) is 11.6. The van der Waals surface area contributed by atoms with E-state index in [2.05, 4.69) is 112 Å². The van der Waals surface area contributed by atoms with Gasteiger partial charge in [-0.25, -0.2) is 4.98 Å². The Kier molecular flexibility index (Phi) is 5.34. The Balaban J connectivity index is 1.78. The van der Waals surface area contributed by atoms with Gasteiger partial charge in [0.2, 0.25) is 0 Å². The fourth-order valence-corrected chi connectivity index (χ4v) is 4.37. The van der Waals surface area contributed by atoms with Gasteiger partial charge in [0.15, 0.2) is 0 Å². The van der Waals surface area contributed by atoms with Crippen LogP contribution in [0.3, 0.4) is 0 Å². The number of aryl methyl sites for hydroxylation is 2. The molecule has 0 spiro atoms. The third kappa shape index (κ3) is 3.95. The maximum absolute atomic E-state index is 4.77. The molecule has 4 aromatic rings. The van der Waals surface area contributed by atoms with Gasteiger partial charge >= 0.3 is 0 Å². The molecule has 0 radical (unpaired) electrons. The van der Waals surface area contributed by atoms with Gasteiger partial charge in [-0.3, -0.25) is 4.57 Å². The molecule has 0 aliphatic heterocycles. The van der Waals surface area contributed by atoms with Crippen LogP contribution in [0.2, 0.25) is 0 Å². The van der Waals surface area contributed by atoms with E-state index >= 15 is 0 Å². The highest BCUT2D eigenvalue weighted by Crippen LogP contribution is 2.34. The second-order valence-corrected chi connectivity index (χ2v) is 9.16. The molecule has 0 atom stereocenters. The summed E-state index contributed by atoms with van der Waals surface area (Å²) < 4.78 is 2.25. The van der Waals surface area contributed by atoms with Crippen LogP contribution >= 0.6 is 0 Å². The Hall–Kier alpha value is -3.13. The zero-order valence-electron chi connectivity index (χ0n) is 18.6. The van der Waals surface area contributed by atoms with Crippen LogP contribution in [0.25, 0.3) is 17.1 Å². The highest BCUT2D eigenvalue weighted by Gasteiger charge is 2.21. The first-order valence-electron chi connectivity index (χ1n) is 10.6. The first kappa shape index (κ1) is 20.2. The van der Waals surface area contributed by atoms with Crippen molar-refractivity contribution in [3.8, 4) is 17.1 Å². The van der Waals surface area contributed by atoms with E-state index in [-0.39, 0.29) is 5.41 Å². The Bertz CT molecular complexity index is 1140. The SMILES string of the molecule is Cc1cc(Cc2ccccc2)cc(C)c1-n1ccnc1-c1ccccc1C(C)(C)C. The van der Waals surface area contributed by atoms with E-state index in [0.717, 1.165) is 12.2 Å². The zero-order chi connectivity index (χ0) is 21.3. The van der Waals surface area contributed by atoms with Crippen LogP contribution in [0.4, 0.5) is 0 Å². The third-order valence-corrected chi connectivity index (χ3v) is 5.66. The van der Waals surface area contributed by atoms with Gasteiger partial charge in [-0.05, 0) is 53.5 Å². The van der Waals surface area contributed by atoms with Crippen molar-refractivity contribution < 1.29 is 0 Å².